The first-order valence-electron chi connectivity index (χ1n) is 19.2. The van der Waals surface area contributed by atoms with Crippen molar-refractivity contribution in [2.24, 2.45) is 0 Å². The molecule has 0 aliphatic heterocycles. The smallest absolute Gasteiger partial charge is 0.361 e. The number of carbonyl (C=O) groups excluding carboxylic acids is 1. The maximum absolute atomic E-state index is 12.0. The summed E-state index contributed by atoms with van der Waals surface area (Å²) >= 11 is 0. The van der Waals surface area contributed by atoms with Gasteiger partial charge in [-0.3, -0.25) is 4.79 Å². The molecule has 0 aromatic heterocycles. The van der Waals surface area contributed by atoms with Gasteiger partial charge in [-0.25, -0.2) is 4.79 Å². The summed E-state index contributed by atoms with van der Waals surface area (Å²) in [5, 5.41) is 19.2. The number of carboxylic acids is 1. The standard InChI is InChI=1S/C40H73NO7/c1-5-6-7-8-9-10-11-12-13-14-15-16-17-18-19-20-21-22-23-24-25-26-27-28-29-30-31-32-38(43)47-35-37(42)36-48-40(39(44)45)46-34-33-41(2,3)4/h11-12,14-15,17-18,37,40,42H,5-10,13,16,19-36H2,1-4H3/p+1/b12-11-,15-14-,18-17-. The highest BCUT2D eigenvalue weighted by atomic mass is 16.7. The molecule has 280 valence electrons. The van der Waals surface area contributed by atoms with E-state index in [-0.39, 0.29) is 25.8 Å². The summed E-state index contributed by atoms with van der Waals surface area (Å²) in [4.78, 5) is 23.3. The zero-order valence-electron chi connectivity index (χ0n) is 31.4. The van der Waals surface area contributed by atoms with Gasteiger partial charge in [0.1, 0.15) is 19.3 Å². The van der Waals surface area contributed by atoms with Gasteiger partial charge >= 0.3 is 11.9 Å². The fourth-order valence-electron chi connectivity index (χ4n) is 5.07. The Bertz CT molecular complexity index is 834. The predicted molar refractivity (Wildman–Crippen MR) is 198 cm³/mol. The first-order valence-corrected chi connectivity index (χ1v) is 19.2. The summed E-state index contributed by atoms with van der Waals surface area (Å²) in [5.41, 5.74) is 0. The van der Waals surface area contributed by atoms with Crippen LogP contribution >= 0.6 is 0 Å². The first-order chi connectivity index (χ1) is 23.2. The molecule has 2 unspecified atom stereocenters. The Morgan fingerprint density at radius 1 is 0.625 bits per heavy atom. The maximum atomic E-state index is 12.0. The van der Waals surface area contributed by atoms with E-state index in [0.29, 0.717) is 17.4 Å². The largest absolute Gasteiger partial charge is 0.477 e. The van der Waals surface area contributed by atoms with Crippen LogP contribution in [0.1, 0.15) is 148 Å². The molecular formula is C40H74NO7+. The van der Waals surface area contributed by atoms with Gasteiger partial charge in [-0.05, 0) is 44.9 Å². The molecule has 0 aliphatic carbocycles. The highest BCUT2D eigenvalue weighted by molar-refractivity contribution is 5.70. The van der Waals surface area contributed by atoms with E-state index in [4.69, 9.17) is 14.2 Å². The number of nitrogens with zero attached hydrogens (tertiary/aromatic N) is 1. The summed E-state index contributed by atoms with van der Waals surface area (Å²) in [6.45, 7) is 2.57. The van der Waals surface area contributed by atoms with E-state index in [0.717, 1.165) is 32.1 Å². The Morgan fingerprint density at radius 2 is 1.08 bits per heavy atom. The van der Waals surface area contributed by atoms with E-state index in [1.54, 1.807) is 0 Å². The first kappa shape index (κ1) is 46.0. The molecule has 48 heavy (non-hydrogen) atoms. The molecule has 0 saturated heterocycles. The monoisotopic (exact) mass is 681 g/mol. The van der Waals surface area contributed by atoms with Crippen LogP contribution in [0.2, 0.25) is 0 Å². The van der Waals surface area contributed by atoms with Crippen molar-refractivity contribution >= 4 is 11.9 Å². The molecule has 2 atom stereocenters. The van der Waals surface area contributed by atoms with Crippen molar-refractivity contribution in [3.63, 3.8) is 0 Å². The van der Waals surface area contributed by atoms with Gasteiger partial charge in [0.2, 0.25) is 0 Å². The molecule has 0 saturated carbocycles. The number of unbranched alkanes of at least 4 members (excludes halogenated alkanes) is 17. The number of hydrogen-bond acceptors (Lipinski definition) is 6. The van der Waals surface area contributed by atoms with Crippen molar-refractivity contribution in [3.05, 3.63) is 36.5 Å². The second-order valence-electron chi connectivity index (χ2n) is 14.1. The van der Waals surface area contributed by atoms with Gasteiger partial charge in [0.15, 0.2) is 0 Å². The summed E-state index contributed by atoms with van der Waals surface area (Å²) in [6, 6.07) is 0. The zero-order valence-corrected chi connectivity index (χ0v) is 31.4. The molecule has 0 fully saturated rings. The number of ether oxygens (including phenoxy) is 3. The zero-order chi connectivity index (χ0) is 35.6. The predicted octanol–water partition coefficient (Wildman–Crippen LogP) is 9.31. The van der Waals surface area contributed by atoms with Crippen molar-refractivity contribution in [3.8, 4) is 0 Å². The molecule has 0 heterocycles. The van der Waals surface area contributed by atoms with Gasteiger partial charge < -0.3 is 28.9 Å². The average molecular weight is 681 g/mol. The van der Waals surface area contributed by atoms with E-state index in [1.807, 2.05) is 21.1 Å². The molecule has 8 nitrogen and oxygen atoms in total. The van der Waals surface area contributed by atoms with Gasteiger partial charge in [-0.2, -0.15) is 0 Å². The fourth-order valence-corrected chi connectivity index (χ4v) is 5.07. The lowest BCUT2D eigenvalue weighted by Gasteiger charge is -2.24. The highest BCUT2D eigenvalue weighted by Gasteiger charge is 2.22. The van der Waals surface area contributed by atoms with Crippen LogP contribution in [0.5, 0.6) is 0 Å². The molecule has 0 bridgehead atoms. The van der Waals surface area contributed by atoms with Crippen LogP contribution in [0.15, 0.2) is 36.5 Å². The molecule has 0 aromatic rings. The number of rotatable bonds is 35. The van der Waals surface area contributed by atoms with Crippen LogP contribution in [-0.4, -0.2) is 86.5 Å². The molecule has 2 N–H and O–H groups in total. The second kappa shape index (κ2) is 33.5. The van der Waals surface area contributed by atoms with Gasteiger partial charge in [-0.15, -0.1) is 0 Å². The summed E-state index contributed by atoms with van der Waals surface area (Å²) in [6.07, 6.45) is 37.5. The average Bonchev–Trinajstić information content (AvgIpc) is 3.04. The Kier molecular flexibility index (Phi) is 32.1. The SMILES string of the molecule is CCCCCCC/C=C\C/C=C\C/C=C\CCCCCCCCCCCCCCC(=O)OCC(O)COC(OCC[N+](C)(C)C)C(=O)O. The highest BCUT2D eigenvalue weighted by Crippen LogP contribution is 2.14. The number of quaternary nitrogens is 1. The van der Waals surface area contributed by atoms with Gasteiger partial charge in [0.25, 0.3) is 6.29 Å². The van der Waals surface area contributed by atoms with Crippen molar-refractivity contribution in [2.45, 2.75) is 161 Å². The minimum atomic E-state index is -1.46. The number of aliphatic hydroxyl groups is 1. The number of hydrogen-bond donors (Lipinski definition) is 2. The lowest BCUT2D eigenvalue weighted by Crippen LogP contribution is -2.40. The van der Waals surface area contributed by atoms with Gasteiger partial charge in [-0.1, -0.05) is 133 Å². The van der Waals surface area contributed by atoms with Crippen LogP contribution in [0.25, 0.3) is 0 Å². The summed E-state index contributed by atoms with van der Waals surface area (Å²) in [5.74, 6) is -1.61. The van der Waals surface area contributed by atoms with Crippen molar-refractivity contribution in [1.29, 1.82) is 0 Å². The van der Waals surface area contributed by atoms with E-state index in [9.17, 15) is 19.8 Å². The number of likely N-dealkylation sites (N-methyl/N-ethyl adjacent to an activating group) is 1. The topological polar surface area (TPSA) is 102 Å². The summed E-state index contributed by atoms with van der Waals surface area (Å²) < 4.78 is 16.2. The maximum Gasteiger partial charge on any atom is 0.361 e. The number of allylic oxidation sites excluding steroid dienone is 6. The van der Waals surface area contributed by atoms with Gasteiger partial charge in [0, 0.05) is 6.42 Å². The lowest BCUT2D eigenvalue weighted by atomic mass is 10.0. The normalized spacial score (nSPS) is 13.6. The van der Waals surface area contributed by atoms with E-state index < -0.39 is 18.4 Å². The number of aliphatic hydroxyl groups excluding tert-OH is 1. The number of esters is 1. The molecule has 0 spiro atoms. The second-order valence-corrected chi connectivity index (χ2v) is 14.1. The molecule has 0 radical (unpaired) electrons. The van der Waals surface area contributed by atoms with Crippen molar-refractivity contribution in [1.82, 2.24) is 0 Å². The van der Waals surface area contributed by atoms with Crippen LogP contribution < -0.4 is 0 Å². The van der Waals surface area contributed by atoms with Crippen molar-refractivity contribution in [2.75, 3.05) is 47.5 Å². The molecule has 8 heteroatoms. The number of carboxylic acid groups (broad SMARTS) is 1. The van der Waals surface area contributed by atoms with Crippen LogP contribution in [-0.2, 0) is 23.8 Å². The number of aliphatic carboxylic acids is 1. The Morgan fingerprint density at radius 3 is 1.56 bits per heavy atom. The third kappa shape index (κ3) is 35.3. The van der Waals surface area contributed by atoms with E-state index >= 15 is 0 Å². The van der Waals surface area contributed by atoms with Crippen LogP contribution in [0, 0.1) is 0 Å². The minimum Gasteiger partial charge on any atom is -0.477 e. The number of carbonyl (C=O) groups is 2. The quantitative estimate of drug-likeness (QED) is 0.0226. The third-order valence-corrected chi connectivity index (χ3v) is 8.13. The van der Waals surface area contributed by atoms with Crippen molar-refractivity contribution < 1.29 is 38.5 Å². The van der Waals surface area contributed by atoms with E-state index in [1.165, 1.54) is 103 Å². The van der Waals surface area contributed by atoms with Crippen LogP contribution in [0.4, 0.5) is 0 Å². The third-order valence-electron chi connectivity index (χ3n) is 8.13. The van der Waals surface area contributed by atoms with Crippen LogP contribution in [0.3, 0.4) is 0 Å². The molecule has 0 aliphatic rings. The fraction of sp³-hybridized carbons (Fsp3) is 0.800. The van der Waals surface area contributed by atoms with E-state index in [2.05, 4.69) is 43.4 Å². The molecular weight excluding hydrogens is 606 g/mol. The summed E-state index contributed by atoms with van der Waals surface area (Å²) in [7, 11) is 5.91. The minimum absolute atomic E-state index is 0.209. The molecule has 0 rings (SSSR count). The Hall–Kier alpha value is -2.00. The van der Waals surface area contributed by atoms with Gasteiger partial charge in [0.05, 0.1) is 34.4 Å². The molecule has 0 aromatic carbocycles. The Labute approximate surface area is 294 Å². The lowest BCUT2D eigenvalue weighted by molar-refractivity contribution is -0.870. The molecule has 0 amide bonds. The Balaban J connectivity index is 3.51.